The summed E-state index contributed by atoms with van der Waals surface area (Å²) in [5.41, 5.74) is 11.5. The van der Waals surface area contributed by atoms with Crippen molar-refractivity contribution in [1.29, 1.82) is 0 Å². The Kier molecular flexibility index (Phi) is 3.65. The van der Waals surface area contributed by atoms with Crippen LogP contribution in [0, 0.1) is 0 Å². The fourth-order valence-electron chi connectivity index (χ4n) is 1.31. The molecule has 88 valence electrons. The minimum absolute atomic E-state index is 0.138. The van der Waals surface area contributed by atoms with Gasteiger partial charge >= 0.3 is 0 Å². The molecular formula is C10H13F2N3O. The first-order valence-corrected chi connectivity index (χ1v) is 4.60. The predicted molar refractivity (Wildman–Crippen MR) is 58.6 cm³/mol. The molecule has 0 spiro atoms. The Bertz CT molecular complexity index is 396. The number of carbonyl (C=O) groups excluding carboxylic acids is 1. The summed E-state index contributed by atoms with van der Waals surface area (Å²) in [5, 5.41) is 0. The van der Waals surface area contributed by atoms with Gasteiger partial charge in [0.1, 0.15) is 0 Å². The molecule has 0 fully saturated rings. The van der Waals surface area contributed by atoms with Crippen LogP contribution in [0.1, 0.15) is 10.4 Å². The van der Waals surface area contributed by atoms with Gasteiger partial charge in [-0.1, -0.05) is 0 Å². The average molecular weight is 229 g/mol. The van der Waals surface area contributed by atoms with Gasteiger partial charge in [0.2, 0.25) is 0 Å². The summed E-state index contributed by atoms with van der Waals surface area (Å²) in [7, 11) is 1.50. The number of benzene rings is 1. The molecule has 1 rings (SSSR count). The normalized spacial score (nSPS) is 10.5. The minimum Gasteiger partial charge on any atom is -0.398 e. The highest BCUT2D eigenvalue weighted by atomic mass is 19.3. The van der Waals surface area contributed by atoms with E-state index in [9.17, 15) is 13.6 Å². The molecular weight excluding hydrogens is 216 g/mol. The van der Waals surface area contributed by atoms with Crippen LogP contribution in [0.15, 0.2) is 18.2 Å². The van der Waals surface area contributed by atoms with E-state index < -0.39 is 18.9 Å². The smallest absolute Gasteiger partial charge is 0.255 e. The molecule has 0 saturated carbocycles. The largest absolute Gasteiger partial charge is 0.398 e. The zero-order valence-corrected chi connectivity index (χ0v) is 8.78. The predicted octanol–water partition coefficient (Wildman–Crippen LogP) is 1.07. The van der Waals surface area contributed by atoms with Crippen molar-refractivity contribution in [2.45, 2.75) is 6.43 Å². The van der Waals surface area contributed by atoms with Gasteiger partial charge in [0.15, 0.2) is 0 Å². The number of alkyl halides is 2. The Labute approximate surface area is 91.8 Å². The van der Waals surface area contributed by atoms with Crippen LogP contribution in [0.4, 0.5) is 20.2 Å². The van der Waals surface area contributed by atoms with E-state index in [4.69, 9.17) is 11.5 Å². The molecule has 1 amide bonds. The Morgan fingerprint density at radius 1 is 1.50 bits per heavy atom. The van der Waals surface area contributed by atoms with Gasteiger partial charge in [-0.05, 0) is 18.2 Å². The van der Waals surface area contributed by atoms with E-state index in [1.807, 2.05) is 0 Å². The number of primary amides is 1. The fraction of sp³-hybridized carbons (Fsp3) is 0.300. The van der Waals surface area contributed by atoms with Crippen LogP contribution < -0.4 is 16.4 Å². The Morgan fingerprint density at radius 3 is 2.62 bits per heavy atom. The van der Waals surface area contributed by atoms with Crippen molar-refractivity contribution in [1.82, 2.24) is 0 Å². The highest BCUT2D eigenvalue weighted by Crippen LogP contribution is 2.20. The third-order valence-corrected chi connectivity index (χ3v) is 2.15. The number of halogens is 2. The maximum absolute atomic E-state index is 12.2. The number of nitrogens with zero attached hydrogens (tertiary/aromatic N) is 1. The van der Waals surface area contributed by atoms with E-state index in [-0.39, 0.29) is 11.3 Å². The van der Waals surface area contributed by atoms with Gasteiger partial charge in [0.05, 0.1) is 12.1 Å². The summed E-state index contributed by atoms with van der Waals surface area (Å²) >= 11 is 0. The van der Waals surface area contributed by atoms with Gasteiger partial charge in [0, 0.05) is 18.4 Å². The standard InChI is InChI=1S/C10H13F2N3O/c1-15(5-9(11)12)6-2-3-8(13)7(4-6)10(14)16/h2-4,9H,5,13H2,1H3,(H2,14,16). The van der Waals surface area contributed by atoms with E-state index in [1.54, 1.807) is 6.07 Å². The first-order valence-electron chi connectivity index (χ1n) is 4.60. The van der Waals surface area contributed by atoms with Gasteiger partial charge in [-0.3, -0.25) is 4.79 Å². The van der Waals surface area contributed by atoms with Crippen molar-refractivity contribution in [2.75, 3.05) is 24.2 Å². The van der Waals surface area contributed by atoms with Gasteiger partial charge in [-0.25, -0.2) is 8.78 Å². The lowest BCUT2D eigenvalue weighted by atomic mass is 10.1. The second kappa shape index (κ2) is 4.78. The van der Waals surface area contributed by atoms with E-state index in [2.05, 4.69) is 0 Å². The minimum atomic E-state index is -2.44. The Morgan fingerprint density at radius 2 is 2.12 bits per heavy atom. The summed E-state index contributed by atoms with van der Waals surface area (Å²) < 4.78 is 24.3. The number of anilines is 2. The van der Waals surface area contributed by atoms with E-state index in [0.717, 1.165) is 0 Å². The van der Waals surface area contributed by atoms with Gasteiger partial charge in [-0.15, -0.1) is 0 Å². The molecule has 0 aliphatic carbocycles. The molecule has 1 aromatic carbocycles. The number of hydrogen-bond donors (Lipinski definition) is 2. The summed E-state index contributed by atoms with van der Waals surface area (Å²) in [6.45, 7) is -0.415. The zero-order chi connectivity index (χ0) is 12.3. The molecule has 0 heterocycles. The summed E-state index contributed by atoms with van der Waals surface area (Å²) in [6.07, 6.45) is -2.44. The molecule has 0 aliphatic rings. The molecule has 6 heteroatoms. The summed E-state index contributed by atoms with van der Waals surface area (Å²) in [5.74, 6) is -0.676. The number of rotatable bonds is 4. The molecule has 4 N–H and O–H groups in total. The van der Waals surface area contributed by atoms with E-state index >= 15 is 0 Å². The molecule has 0 unspecified atom stereocenters. The van der Waals surface area contributed by atoms with Crippen LogP contribution in [0.25, 0.3) is 0 Å². The molecule has 0 radical (unpaired) electrons. The van der Waals surface area contributed by atoms with Crippen molar-refractivity contribution in [3.05, 3.63) is 23.8 Å². The van der Waals surface area contributed by atoms with Crippen LogP contribution in [0.5, 0.6) is 0 Å². The SMILES string of the molecule is CN(CC(F)F)c1ccc(N)c(C(N)=O)c1. The van der Waals surface area contributed by atoms with Crippen molar-refractivity contribution < 1.29 is 13.6 Å². The van der Waals surface area contributed by atoms with Crippen LogP contribution in [-0.2, 0) is 0 Å². The van der Waals surface area contributed by atoms with Gasteiger partial charge < -0.3 is 16.4 Å². The molecule has 0 bridgehead atoms. The number of amides is 1. The molecule has 0 aromatic heterocycles. The lowest BCUT2D eigenvalue weighted by Gasteiger charge is -2.19. The topological polar surface area (TPSA) is 72.3 Å². The maximum atomic E-state index is 12.2. The van der Waals surface area contributed by atoms with Crippen molar-refractivity contribution in [3.8, 4) is 0 Å². The Balaban J connectivity index is 2.98. The van der Waals surface area contributed by atoms with Crippen LogP contribution in [0.3, 0.4) is 0 Å². The zero-order valence-electron chi connectivity index (χ0n) is 8.78. The van der Waals surface area contributed by atoms with Crippen LogP contribution >= 0.6 is 0 Å². The van der Waals surface area contributed by atoms with Crippen LogP contribution in [-0.4, -0.2) is 25.9 Å². The number of nitrogen functional groups attached to an aromatic ring is 1. The molecule has 0 atom stereocenters. The number of nitrogens with two attached hydrogens (primary N) is 2. The first kappa shape index (κ1) is 12.2. The van der Waals surface area contributed by atoms with Crippen molar-refractivity contribution in [2.24, 2.45) is 5.73 Å². The number of hydrogen-bond acceptors (Lipinski definition) is 3. The van der Waals surface area contributed by atoms with Crippen molar-refractivity contribution in [3.63, 3.8) is 0 Å². The quantitative estimate of drug-likeness (QED) is 0.758. The van der Waals surface area contributed by atoms with Gasteiger partial charge in [0.25, 0.3) is 12.3 Å². The molecule has 0 aliphatic heterocycles. The summed E-state index contributed by atoms with van der Waals surface area (Å²) in [6, 6.07) is 4.43. The fourth-order valence-corrected chi connectivity index (χ4v) is 1.31. The summed E-state index contributed by atoms with van der Waals surface area (Å²) in [4.78, 5) is 12.3. The first-order chi connectivity index (χ1) is 7.41. The lowest BCUT2D eigenvalue weighted by Crippen LogP contribution is -2.24. The third kappa shape index (κ3) is 2.82. The van der Waals surface area contributed by atoms with E-state index in [1.165, 1.54) is 24.1 Å². The number of carbonyl (C=O) groups is 1. The molecule has 1 aromatic rings. The second-order valence-corrected chi connectivity index (χ2v) is 3.41. The van der Waals surface area contributed by atoms with E-state index in [0.29, 0.717) is 5.69 Å². The monoisotopic (exact) mass is 229 g/mol. The van der Waals surface area contributed by atoms with Crippen molar-refractivity contribution >= 4 is 17.3 Å². The van der Waals surface area contributed by atoms with Gasteiger partial charge in [-0.2, -0.15) is 0 Å². The highest BCUT2D eigenvalue weighted by molar-refractivity contribution is 5.99. The lowest BCUT2D eigenvalue weighted by molar-refractivity contribution is 0.100. The average Bonchev–Trinajstić information content (AvgIpc) is 2.16. The third-order valence-electron chi connectivity index (χ3n) is 2.15. The molecule has 0 saturated heterocycles. The molecule has 4 nitrogen and oxygen atoms in total. The maximum Gasteiger partial charge on any atom is 0.255 e. The Hall–Kier alpha value is -1.85. The molecule has 16 heavy (non-hydrogen) atoms. The van der Waals surface area contributed by atoms with Crippen LogP contribution in [0.2, 0.25) is 0 Å². The highest BCUT2D eigenvalue weighted by Gasteiger charge is 2.12. The second-order valence-electron chi connectivity index (χ2n) is 3.41.